The van der Waals surface area contributed by atoms with E-state index in [1.807, 2.05) is 11.8 Å². The summed E-state index contributed by atoms with van der Waals surface area (Å²) in [4.78, 5) is 2.35. The molecule has 5 heteroatoms. The lowest BCUT2D eigenvalue weighted by molar-refractivity contribution is 0.274. The SMILES string of the molecule is CC1CN(CCC(N)c2cccc(F)c2F)CCS1. The number of nitrogens with zero attached hydrogens (tertiary/aromatic N) is 1. The lowest BCUT2D eigenvalue weighted by Crippen LogP contribution is -2.38. The van der Waals surface area contributed by atoms with Crippen molar-refractivity contribution in [1.29, 1.82) is 0 Å². The maximum absolute atomic E-state index is 13.6. The number of rotatable bonds is 4. The largest absolute Gasteiger partial charge is 0.324 e. The zero-order valence-corrected chi connectivity index (χ0v) is 11.9. The maximum atomic E-state index is 13.6. The van der Waals surface area contributed by atoms with Crippen molar-refractivity contribution in [1.82, 2.24) is 4.90 Å². The molecular weight excluding hydrogens is 266 g/mol. The number of nitrogens with two attached hydrogens (primary N) is 1. The Hall–Kier alpha value is -0.650. The van der Waals surface area contributed by atoms with Gasteiger partial charge in [-0.1, -0.05) is 19.1 Å². The predicted octanol–water partition coefficient (Wildman–Crippen LogP) is 2.79. The van der Waals surface area contributed by atoms with E-state index in [9.17, 15) is 8.78 Å². The van der Waals surface area contributed by atoms with Crippen molar-refractivity contribution < 1.29 is 8.78 Å². The molecule has 1 aliphatic rings. The highest BCUT2D eigenvalue weighted by Gasteiger charge is 2.19. The molecule has 1 fully saturated rings. The molecule has 0 radical (unpaired) electrons. The topological polar surface area (TPSA) is 29.3 Å². The fourth-order valence-electron chi connectivity index (χ4n) is 2.38. The molecule has 0 aromatic heterocycles. The zero-order valence-electron chi connectivity index (χ0n) is 11.1. The van der Waals surface area contributed by atoms with E-state index in [4.69, 9.17) is 5.73 Å². The lowest BCUT2D eigenvalue weighted by atomic mass is 10.0. The molecule has 2 rings (SSSR count). The summed E-state index contributed by atoms with van der Waals surface area (Å²) in [6.45, 7) is 5.14. The van der Waals surface area contributed by atoms with E-state index in [0.29, 0.717) is 11.7 Å². The van der Waals surface area contributed by atoms with Crippen LogP contribution in [0, 0.1) is 11.6 Å². The quantitative estimate of drug-likeness (QED) is 0.923. The highest BCUT2D eigenvalue weighted by atomic mass is 32.2. The first-order chi connectivity index (χ1) is 9.08. The zero-order chi connectivity index (χ0) is 13.8. The minimum Gasteiger partial charge on any atom is -0.324 e. The second-order valence-corrected chi connectivity index (χ2v) is 6.57. The van der Waals surface area contributed by atoms with E-state index in [0.717, 1.165) is 31.5 Å². The molecule has 2 nitrogen and oxygen atoms in total. The molecule has 1 aromatic carbocycles. The molecule has 106 valence electrons. The summed E-state index contributed by atoms with van der Waals surface area (Å²) in [5, 5.41) is 0.635. The van der Waals surface area contributed by atoms with E-state index in [2.05, 4.69) is 11.8 Å². The van der Waals surface area contributed by atoms with Gasteiger partial charge in [0.2, 0.25) is 0 Å². The van der Waals surface area contributed by atoms with Gasteiger partial charge in [-0.2, -0.15) is 11.8 Å². The third kappa shape index (κ3) is 3.91. The van der Waals surface area contributed by atoms with Crippen molar-refractivity contribution in [2.24, 2.45) is 5.73 Å². The fourth-order valence-corrected chi connectivity index (χ4v) is 3.46. The summed E-state index contributed by atoms with van der Waals surface area (Å²) >= 11 is 1.97. The summed E-state index contributed by atoms with van der Waals surface area (Å²) in [5.41, 5.74) is 6.26. The summed E-state index contributed by atoms with van der Waals surface area (Å²) in [6, 6.07) is 3.75. The Morgan fingerprint density at radius 1 is 1.47 bits per heavy atom. The normalized spacial score (nSPS) is 22.4. The minimum absolute atomic E-state index is 0.277. The molecule has 0 amide bonds. The highest BCUT2D eigenvalue weighted by Crippen LogP contribution is 2.22. The Morgan fingerprint density at radius 3 is 3.00 bits per heavy atom. The molecule has 19 heavy (non-hydrogen) atoms. The molecule has 0 aliphatic carbocycles. The summed E-state index contributed by atoms with van der Waals surface area (Å²) in [6.07, 6.45) is 0.651. The van der Waals surface area contributed by atoms with Gasteiger partial charge in [0.25, 0.3) is 0 Å². The molecule has 1 saturated heterocycles. The molecule has 2 N–H and O–H groups in total. The van der Waals surface area contributed by atoms with Crippen LogP contribution >= 0.6 is 11.8 Å². The van der Waals surface area contributed by atoms with Gasteiger partial charge in [0.05, 0.1) is 0 Å². The second-order valence-electron chi connectivity index (χ2n) is 5.02. The van der Waals surface area contributed by atoms with Crippen LogP contribution in [0.25, 0.3) is 0 Å². The van der Waals surface area contributed by atoms with Crippen LogP contribution in [0.15, 0.2) is 18.2 Å². The molecule has 2 atom stereocenters. The van der Waals surface area contributed by atoms with Crippen molar-refractivity contribution in [3.05, 3.63) is 35.4 Å². The van der Waals surface area contributed by atoms with E-state index in [1.54, 1.807) is 6.07 Å². The standard InChI is InChI=1S/C14H20F2N2S/c1-10-9-18(7-8-19-10)6-5-13(17)11-3-2-4-12(15)14(11)16/h2-4,10,13H,5-9,17H2,1H3. The predicted molar refractivity (Wildman–Crippen MR) is 76.3 cm³/mol. The van der Waals surface area contributed by atoms with E-state index >= 15 is 0 Å². The third-order valence-electron chi connectivity index (χ3n) is 3.46. The van der Waals surface area contributed by atoms with E-state index in [1.165, 1.54) is 6.07 Å². The minimum atomic E-state index is -0.823. The Morgan fingerprint density at radius 2 is 2.26 bits per heavy atom. The second kappa shape index (κ2) is 6.68. The van der Waals surface area contributed by atoms with Gasteiger partial charge < -0.3 is 10.6 Å². The van der Waals surface area contributed by atoms with Crippen LogP contribution in [0.1, 0.15) is 24.9 Å². The first kappa shape index (κ1) is 14.8. The Kier molecular flexibility index (Phi) is 5.19. The van der Waals surface area contributed by atoms with Crippen LogP contribution in [0.5, 0.6) is 0 Å². The third-order valence-corrected chi connectivity index (χ3v) is 4.60. The van der Waals surface area contributed by atoms with E-state index in [-0.39, 0.29) is 5.56 Å². The van der Waals surface area contributed by atoms with Gasteiger partial charge in [0.1, 0.15) is 0 Å². The van der Waals surface area contributed by atoms with Crippen molar-refractivity contribution in [3.8, 4) is 0 Å². The molecule has 0 bridgehead atoms. The smallest absolute Gasteiger partial charge is 0.163 e. The van der Waals surface area contributed by atoms with Crippen LogP contribution in [0.2, 0.25) is 0 Å². The number of thioether (sulfide) groups is 1. The fraction of sp³-hybridized carbons (Fsp3) is 0.571. The molecule has 1 aliphatic heterocycles. The van der Waals surface area contributed by atoms with Gasteiger partial charge >= 0.3 is 0 Å². The molecule has 0 saturated carbocycles. The average molecular weight is 286 g/mol. The number of hydrogen-bond acceptors (Lipinski definition) is 3. The molecule has 2 unspecified atom stereocenters. The summed E-state index contributed by atoms with van der Waals surface area (Å²) in [5.74, 6) is -0.501. The van der Waals surface area contributed by atoms with Crippen LogP contribution in [0.3, 0.4) is 0 Å². The van der Waals surface area contributed by atoms with E-state index < -0.39 is 17.7 Å². The van der Waals surface area contributed by atoms with Crippen molar-refractivity contribution in [2.75, 3.05) is 25.4 Å². The van der Waals surface area contributed by atoms with Crippen LogP contribution in [-0.2, 0) is 0 Å². The van der Waals surface area contributed by atoms with Gasteiger partial charge in [-0.3, -0.25) is 0 Å². The van der Waals surface area contributed by atoms with Crippen LogP contribution < -0.4 is 5.73 Å². The molecule has 1 aromatic rings. The Balaban J connectivity index is 1.90. The monoisotopic (exact) mass is 286 g/mol. The van der Waals surface area contributed by atoms with Gasteiger partial charge in [0.15, 0.2) is 11.6 Å². The molecule has 0 spiro atoms. The van der Waals surface area contributed by atoms with Crippen LogP contribution in [0.4, 0.5) is 8.78 Å². The Bertz CT molecular complexity index is 428. The lowest BCUT2D eigenvalue weighted by Gasteiger charge is -2.31. The van der Waals surface area contributed by atoms with Gasteiger partial charge in [-0.25, -0.2) is 8.78 Å². The average Bonchev–Trinajstić information content (AvgIpc) is 2.39. The van der Waals surface area contributed by atoms with Crippen molar-refractivity contribution in [3.63, 3.8) is 0 Å². The first-order valence-electron chi connectivity index (χ1n) is 6.61. The first-order valence-corrected chi connectivity index (χ1v) is 7.66. The van der Waals surface area contributed by atoms with Gasteiger partial charge in [0, 0.05) is 42.2 Å². The summed E-state index contributed by atoms with van der Waals surface area (Å²) in [7, 11) is 0. The number of halogens is 2. The summed E-state index contributed by atoms with van der Waals surface area (Å²) < 4.78 is 26.7. The van der Waals surface area contributed by atoms with Gasteiger partial charge in [-0.15, -0.1) is 0 Å². The molecular formula is C14H20F2N2S. The Labute approximate surface area is 117 Å². The number of hydrogen-bond donors (Lipinski definition) is 1. The highest BCUT2D eigenvalue weighted by molar-refractivity contribution is 7.99. The van der Waals surface area contributed by atoms with Crippen molar-refractivity contribution in [2.45, 2.75) is 24.6 Å². The number of benzene rings is 1. The maximum Gasteiger partial charge on any atom is 0.163 e. The van der Waals surface area contributed by atoms with Crippen molar-refractivity contribution >= 4 is 11.8 Å². The van der Waals surface area contributed by atoms with Gasteiger partial charge in [-0.05, 0) is 12.5 Å². The van der Waals surface area contributed by atoms with Crippen LogP contribution in [-0.4, -0.2) is 35.5 Å². The molecule has 1 heterocycles.